The summed E-state index contributed by atoms with van der Waals surface area (Å²) in [5.74, 6) is 1.35. The highest BCUT2D eigenvalue weighted by molar-refractivity contribution is 6.32. The van der Waals surface area contributed by atoms with Gasteiger partial charge in [-0.15, -0.1) is 11.6 Å². The van der Waals surface area contributed by atoms with Gasteiger partial charge in [-0.25, -0.2) is 4.98 Å². The number of nitrogens with zero attached hydrogens (tertiary/aromatic N) is 3. The van der Waals surface area contributed by atoms with Crippen LogP contribution in [0.15, 0.2) is 24.5 Å². The molecule has 0 bridgehead atoms. The smallest absolute Gasteiger partial charge is 0.219 e. The first-order valence-corrected chi connectivity index (χ1v) is 6.45. The average molecular weight is 286 g/mol. The molecule has 2 aromatic rings. The summed E-state index contributed by atoms with van der Waals surface area (Å²) >= 11 is 11.7. The summed E-state index contributed by atoms with van der Waals surface area (Å²) < 4.78 is 7.41. The molecule has 2 rings (SSSR count). The normalized spacial score (nSPS) is 10.9. The van der Waals surface area contributed by atoms with Gasteiger partial charge in [-0.3, -0.25) is 4.68 Å². The Bertz CT molecular complexity index is 540. The van der Waals surface area contributed by atoms with Gasteiger partial charge < -0.3 is 4.74 Å². The lowest BCUT2D eigenvalue weighted by Crippen LogP contribution is -1.99. The van der Waals surface area contributed by atoms with Gasteiger partial charge in [0.25, 0.3) is 0 Å². The lowest BCUT2D eigenvalue weighted by Gasteiger charge is -2.05. The monoisotopic (exact) mass is 285 g/mol. The van der Waals surface area contributed by atoms with Crippen molar-refractivity contribution in [1.82, 2.24) is 14.8 Å². The van der Waals surface area contributed by atoms with Gasteiger partial charge >= 0.3 is 0 Å². The zero-order valence-electron chi connectivity index (χ0n) is 10.1. The molecule has 0 atom stereocenters. The standard InChI is InChI=1S/C12H13Cl2N3O/c1-8(2)17-7-9(6-15-17)18-12-4-3-10(14)11(5-13)16-12/h3-4,6-8H,5H2,1-2H3. The molecule has 2 aromatic heterocycles. The van der Waals surface area contributed by atoms with E-state index < -0.39 is 0 Å². The molecule has 2 heterocycles. The molecule has 0 fully saturated rings. The molecule has 0 radical (unpaired) electrons. The van der Waals surface area contributed by atoms with E-state index in [2.05, 4.69) is 10.1 Å². The second-order valence-electron chi connectivity index (χ2n) is 4.06. The summed E-state index contributed by atoms with van der Waals surface area (Å²) in [4.78, 5) is 4.22. The van der Waals surface area contributed by atoms with Crippen molar-refractivity contribution in [2.45, 2.75) is 25.8 Å². The molecule has 0 spiro atoms. The molecule has 0 aliphatic carbocycles. The quantitative estimate of drug-likeness (QED) is 0.796. The fraction of sp³-hybridized carbons (Fsp3) is 0.333. The van der Waals surface area contributed by atoms with Crippen molar-refractivity contribution < 1.29 is 4.74 Å². The molecule has 0 N–H and O–H groups in total. The summed E-state index contributed by atoms with van der Waals surface area (Å²) in [6, 6.07) is 3.71. The van der Waals surface area contributed by atoms with Crippen LogP contribution >= 0.6 is 23.2 Å². The molecule has 0 aliphatic rings. The number of hydrogen-bond donors (Lipinski definition) is 0. The summed E-state index contributed by atoms with van der Waals surface area (Å²) in [7, 11) is 0. The van der Waals surface area contributed by atoms with Crippen molar-refractivity contribution in [2.24, 2.45) is 0 Å². The summed E-state index contributed by atoms with van der Waals surface area (Å²) in [6.45, 7) is 4.09. The van der Waals surface area contributed by atoms with Crippen LogP contribution in [-0.2, 0) is 5.88 Å². The van der Waals surface area contributed by atoms with Crippen molar-refractivity contribution in [3.63, 3.8) is 0 Å². The van der Waals surface area contributed by atoms with Gasteiger partial charge in [0.05, 0.1) is 29.0 Å². The first-order valence-electron chi connectivity index (χ1n) is 5.53. The van der Waals surface area contributed by atoms with Crippen LogP contribution in [0.2, 0.25) is 5.02 Å². The lowest BCUT2D eigenvalue weighted by molar-refractivity contribution is 0.457. The molecule has 0 saturated carbocycles. The van der Waals surface area contributed by atoms with Crippen LogP contribution in [0.4, 0.5) is 0 Å². The van der Waals surface area contributed by atoms with Gasteiger partial charge in [0.1, 0.15) is 0 Å². The second kappa shape index (κ2) is 5.59. The van der Waals surface area contributed by atoms with Crippen molar-refractivity contribution >= 4 is 23.2 Å². The van der Waals surface area contributed by atoms with E-state index >= 15 is 0 Å². The predicted molar refractivity (Wildman–Crippen MR) is 71.5 cm³/mol. The molecule has 0 aliphatic heterocycles. The van der Waals surface area contributed by atoms with Gasteiger partial charge in [-0.2, -0.15) is 5.10 Å². The minimum Gasteiger partial charge on any atom is -0.436 e. The van der Waals surface area contributed by atoms with Crippen LogP contribution in [0.25, 0.3) is 0 Å². The number of aromatic nitrogens is 3. The van der Waals surface area contributed by atoms with Gasteiger partial charge in [-0.1, -0.05) is 11.6 Å². The van der Waals surface area contributed by atoms with E-state index in [-0.39, 0.29) is 5.88 Å². The molecule has 0 unspecified atom stereocenters. The summed E-state index contributed by atoms with van der Waals surface area (Å²) in [6.07, 6.45) is 3.47. The summed E-state index contributed by atoms with van der Waals surface area (Å²) in [5, 5.41) is 4.72. The van der Waals surface area contributed by atoms with Gasteiger partial charge in [0, 0.05) is 12.1 Å². The molecular weight excluding hydrogens is 273 g/mol. The molecular formula is C12H13Cl2N3O. The Hall–Kier alpha value is -1.26. The number of pyridine rings is 1. The van der Waals surface area contributed by atoms with Crippen LogP contribution in [0, 0.1) is 0 Å². The minimum atomic E-state index is 0.251. The number of hydrogen-bond acceptors (Lipinski definition) is 3. The maximum atomic E-state index is 5.93. The van der Waals surface area contributed by atoms with Crippen molar-refractivity contribution in [2.75, 3.05) is 0 Å². The summed E-state index contributed by atoms with van der Waals surface area (Å²) in [5.41, 5.74) is 0.604. The Labute approximate surface area is 115 Å². The Morgan fingerprint density at radius 3 is 2.78 bits per heavy atom. The number of rotatable bonds is 4. The minimum absolute atomic E-state index is 0.251. The molecule has 6 heteroatoms. The fourth-order valence-corrected chi connectivity index (χ4v) is 1.84. The van der Waals surface area contributed by atoms with Crippen molar-refractivity contribution in [1.29, 1.82) is 0 Å². The van der Waals surface area contributed by atoms with E-state index in [1.165, 1.54) is 0 Å². The van der Waals surface area contributed by atoms with Crippen molar-refractivity contribution in [3.05, 3.63) is 35.2 Å². The lowest BCUT2D eigenvalue weighted by atomic mass is 10.4. The van der Waals surface area contributed by atoms with Crippen LogP contribution in [0.5, 0.6) is 11.6 Å². The third-order valence-electron chi connectivity index (χ3n) is 2.35. The van der Waals surface area contributed by atoms with Crippen LogP contribution in [0.1, 0.15) is 25.6 Å². The molecule has 0 saturated heterocycles. The van der Waals surface area contributed by atoms with E-state index in [0.29, 0.717) is 28.4 Å². The molecule has 0 aromatic carbocycles. The fourth-order valence-electron chi connectivity index (χ4n) is 1.39. The third-order valence-corrected chi connectivity index (χ3v) is 2.95. The topological polar surface area (TPSA) is 39.9 Å². The van der Waals surface area contributed by atoms with Crippen molar-refractivity contribution in [3.8, 4) is 11.6 Å². The molecule has 18 heavy (non-hydrogen) atoms. The van der Waals surface area contributed by atoms with E-state index in [9.17, 15) is 0 Å². The van der Waals surface area contributed by atoms with Gasteiger partial charge in [-0.05, 0) is 19.9 Å². The van der Waals surface area contributed by atoms with E-state index in [1.807, 2.05) is 24.7 Å². The first kappa shape index (κ1) is 13.2. The zero-order chi connectivity index (χ0) is 13.1. The number of ether oxygens (including phenoxy) is 1. The van der Waals surface area contributed by atoms with Crippen LogP contribution in [-0.4, -0.2) is 14.8 Å². The Morgan fingerprint density at radius 2 is 2.17 bits per heavy atom. The zero-order valence-corrected chi connectivity index (χ0v) is 11.6. The number of alkyl halides is 1. The maximum absolute atomic E-state index is 5.93. The first-order chi connectivity index (χ1) is 8.60. The van der Waals surface area contributed by atoms with E-state index in [4.69, 9.17) is 27.9 Å². The highest BCUT2D eigenvalue weighted by Crippen LogP contribution is 2.24. The molecule has 4 nitrogen and oxygen atoms in total. The Morgan fingerprint density at radius 1 is 1.39 bits per heavy atom. The second-order valence-corrected chi connectivity index (χ2v) is 4.74. The molecule has 96 valence electrons. The highest BCUT2D eigenvalue weighted by Gasteiger charge is 2.07. The van der Waals surface area contributed by atoms with E-state index in [0.717, 1.165) is 0 Å². The number of halogens is 2. The van der Waals surface area contributed by atoms with E-state index in [1.54, 1.807) is 18.3 Å². The average Bonchev–Trinajstić information content (AvgIpc) is 2.80. The SMILES string of the molecule is CC(C)n1cc(Oc2ccc(Cl)c(CCl)n2)cn1. The van der Waals surface area contributed by atoms with Gasteiger partial charge in [0.2, 0.25) is 5.88 Å². The third kappa shape index (κ3) is 2.94. The maximum Gasteiger partial charge on any atom is 0.219 e. The van der Waals surface area contributed by atoms with Gasteiger partial charge in [0.15, 0.2) is 5.75 Å². The largest absolute Gasteiger partial charge is 0.436 e. The van der Waals surface area contributed by atoms with Crippen LogP contribution in [0.3, 0.4) is 0 Å². The Kier molecular flexibility index (Phi) is 4.09. The van der Waals surface area contributed by atoms with Crippen LogP contribution < -0.4 is 4.74 Å². The Balaban J connectivity index is 2.17. The predicted octanol–water partition coefficient (Wildman–Crippen LogP) is 4.04. The highest BCUT2D eigenvalue weighted by atomic mass is 35.5. The molecule has 0 amide bonds.